The highest BCUT2D eigenvalue weighted by molar-refractivity contribution is 5.90. The van der Waals surface area contributed by atoms with E-state index in [0.717, 1.165) is 42.4 Å². The van der Waals surface area contributed by atoms with Crippen molar-refractivity contribution >= 4 is 34.4 Å². The van der Waals surface area contributed by atoms with Gasteiger partial charge in [0.25, 0.3) is 0 Å². The Morgan fingerprint density at radius 1 is 1.00 bits per heavy atom. The van der Waals surface area contributed by atoms with Gasteiger partial charge in [0.1, 0.15) is 5.82 Å². The Hall–Kier alpha value is -3.86. The molecule has 164 valence electrons. The smallest absolute Gasteiger partial charge is 0.319 e. The molecular formula is C24H27N7O. The number of nitrogens with zero attached hydrogens (tertiary/aromatic N) is 4. The third-order valence-electron chi connectivity index (χ3n) is 5.67. The largest absolute Gasteiger partial charge is 0.362 e. The average Bonchev–Trinajstić information content (AvgIpc) is 2.80. The summed E-state index contributed by atoms with van der Waals surface area (Å²) in [6.45, 7) is 0. The Labute approximate surface area is 187 Å². The van der Waals surface area contributed by atoms with Crippen LogP contribution in [0.25, 0.3) is 10.9 Å². The number of urea groups is 1. The first-order chi connectivity index (χ1) is 15.5. The molecule has 8 nitrogen and oxygen atoms in total. The Morgan fingerprint density at radius 2 is 1.69 bits per heavy atom. The molecule has 0 atom stereocenters. The summed E-state index contributed by atoms with van der Waals surface area (Å²) < 4.78 is 0. The fourth-order valence-corrected chi connectivity index (χ4v) is 4.01. The molecule has 3 N–H and O–H groups in total. The first kappa shape index (κ1) is 21.4. The average molecular weight is 430 g/mol. The maximum Gasteiger partial charge on any atom is 0.319 e. The molecule has 0 radical (unpaired) electrons. The SMILES string of the molecule is CN(C)c1nc(NC2CCC(NC(=O)Nc3ccc(C#N)cc3)CC2)nc2ccccc12. The van der Waals surface area contributed by atoms with Crippen molar-refractivity contribution in [1.82, 2.24) is 15.3 Å². The lowest BCUT2D eigenvalue weighted by atomic mass is 9.91. The third-order valence-corrected chi connectivity index (χ3v) is 5.67. The van der Waals surface area contributed by atoms with E-state index in [-0.39, 0.29) is 18.1 Å². The van der Waals surface area contributed by atoms with Gasteiger partial charge in [-0.15, -0.1) is 0 Å². The van der Waals surface area contributed by atoms with Crippen LogP contribution >= 0.6 is 0 Å². The van der Waals surface area contributed by atoms with Crippen molar-refractivity contribution in [2.45, 2.75) is 37.8 Å². The maximum atomic E-state index is 12.3. The molecule has 2 aromatic carbocycles. The minimum absolute atomic E-state index is 0.126. The van der Waals surface area contributed by atoms with Crippen LogP contribution in [0.15, 0.2) is 48.5 Å². The number of amides is 2. The summed E-state index contributed by atoms with van der Waals surface area (Å²) in [7, 11) is 3.97. The van der Waals surface area contributed by atoms with Crippen molar-refractivity contribution in [3.63, 3.8) is 0 Å². The molecule has 1 fully saturated rings. The van der Waals surface area contributed by atoms with Crippen LogP contribution in [0, 0.1) is 11.3 Å². The Balaban J connectivity index is 1.31. The zero-order valence-corrected chi connectivity index (χ0v) is 18.3. The molecule has 1 heterocycles. The lowest BCUT2D eigenvalue weighted by Crippen LogP contribution is -2.42. The number of para-hydroxylation sites is 1. The van der Waals surface area contributed by atoms with E-state index < -0.39 is 0 Å². The van der Waals surface area contributed by atoms with Crippen LogP contribution < -0.4 is 20.9 Å². The van der Waals surface area contributed by atoms with E-state index in [1.54, 1.807) is 24.3 Å². The van der Waals surface area contributed by atoms with E-state index in [1.807, 2.05) is 43.3 Å². The topological polar surface area (TPSA) is 106 Å². The molecule has 0 bridgehead atoms. The highest BCUT2D eigenvalue weighted by atomic mass is 16.2. The normalized spacial score (nSPS) is 17.9. The monoisotopic (exact) mass is 429 g/mol. The fourth-order valence-electron chi connectivity index (χ4n) is 4.01. The van der Waals surface area contributed by atoms with Gasteiger partial charge in [-0.3, -0.25) is 0 Å². The van der Waals surface area contributed by atoms with Gasteiger partial charge in [-0.25, -0.2) is 9.78 Å². The van der Waals surface area contributed by atoms with Crippen LogP contribution in [0.2, 0.25) is 0 Å². The number of nitrogens with one attached hydrogen (secondary N) is 3. The highest BCUT2D eigenvalue weighted by Crippen LogP contribution is 2.26. The Bertz CT molecular complexity index is 1130. The quantitative estimate of drug-likeness (QED) is 0.564. The number of benzene rings is 2. The van der Waals surface area contributed by atoms with E-state index in [9.17, 15) is 4.79 Å². The number of anilines is 3. The van der Waals surface area contributed by atoms with Gasteiger partial charge < -0.3 is 20.9 Å². The van der Waals surface area contributed by atoms with Crippen LogP contribution in [-0.4, -0.2) is 42.2 Å². The predicted molar refractivity (Wildman–Crippen MR) is 127 cm³/mol. The number of rotatable bonds is 5. The van der Waals surface area contributed by atoms with E-state index in [2.05, 4.69) is 22.0 Å². The molecule has 0 aliphatic heterocycles. The van der Waals surface area contributed by atoms with Crippen molar-refractivity contribution in [3.05, 3.63) is 54.1 Å². The minimum atomic E-state index is -0.223. The van der Waals surface area contributed by atoms with Crippen molar-refractivity contribution in [2.75, 3.05) is 29.6 Å². The summed E-state index contributed by atoms with van der Waals surface area (Å²) in [6, 6.07) is 17.1. The minimum Gasteiger partial charge on any atom is -0.362 e. The van der Waals surface area contributed by atoms with Gasteiger partial charge in [0.15, 0.2) is 0 Å². The number of carbonyl (C=O) groups is 1. The summed E-state index contributed by atoms with van der Waals surface area (Å²) in [6.07, 6.45) is 3.61. The van der Waals surface area contributed by atoms with E-state index in [1.165, 1.54) is 0 Å². The predicted octanol–water partition coefficient (Wildman–Crippen LogP) is 4.11. The van der Waals surface area contributed by atoms with Gasteiger partial charge in [0.05, 0.1) is 17.1 Å². The summed E-state index contributed by atoms with van der Waals surface area (Å²) in [5.41, 5.74) is 2.15. The van der Waals surface area contributed by atoms with Crippen LogP contribution in [0.3, 0.4) is 0 Å². The standard InChI is InChI=1S/C24H27N7O/c1-31(2)22-20-5-3-4-6-21(20)29-23(30-22)26-17-11-13-19(14-12-17)28-24(32)27-18-9-7-16(15-25)8-10-18/h3-10,17,19H,11-14H2,1-2H3,(H,26,29,30)(H2,27,28,32). The van der Waals surface area contributed by atoms with Gasteiger partial charge >= 0.3 is 6.03 Å². The fraction of sp³-hybridized carbons (Fsp3) is 0.333. The van der Waals surface area contributed by atoms with Gasteiger partial charge in [0, 0.05) is 37.3 Å². The van der Waals surface area contributed by atoms with E-state index in [4.69, 9.17) is 15.2 Å². The second-order valence-corrected chi connectivity index (χ2v) is 8.26. The number of carbonyl (C=O) groups excluding carboxylic acids is 1. The van der Waals surface area contributed by atoms with Gasteiger partial charge in [-0.05, 0) is 62.1 Å². The molecule has 1 aliphatic carbocycles. The van der Waals surface area contributed by atoms with Crippen molar-refractivity contribution < 1.29 is 4.79 Å². The summed E-state index contributed by atoms with van der Waals surface area (Å²) in [4.78, 5) is 23.7. The molecule has 1 aromatic heterocycles. The molecule has 2 amide bonds. The Kier molecular flexibility index (Phi) is 6.36. The first-order valence-electron chi connectivity index (χ1n) is 10.8. The summed E-state index contributed by atoms with van der Waals surface area (Å²) in [5.74, 6) is 1.54. The molecule has 8 heteroatoms. The van der Waals surface area contributed by atoms with Crippen LogP contribution in [0.5, 0.6) is 0 Å². The third kappa shape index (κ3) is 5.06. The molecule has 3 aromatic rings. The highest BCUT2D eigenvalue weighted by Gasteiger charge is 2.23. The number of hydrogen-bond acceptors (Lipinski definition) is 6. The summed E-state index contributed by atoms with van der Waals surface area (Å²) >= 11 is 0. The maximum absolute atomic E-state index is 12.3. The molecule has 0 unspecified atom stereocenters. The molecule has 32 heavy (non-hydrogen) atoms. The molecule has 4 rings (SSSR count). The molecule has 1 saturated carbocycles. The number of fused-ring (bicyclic) bond motifs is 1. The van der Waals surface area contributed by atoms with Crippen LogP contribution in [0.4, 0.5) is 22.2 Å². The van der Waals surface area contributed by atoms with E-state index >= 15 is 0 Å². The van der Waals surface area contributed by atoms with Gasteiger partial charge in [-0.1, -0.05) is 12.1 Å². The lowest BCUT2D eigenvalue weighted by molar-refractivity contribution is 0.243. The Morgan fingerprint density at radius 3 is 2.38 bits per heavy atom. The van der Waals surface area contributed by atoms with E-state index in [0.29, 0.717) is 17.2 Å². The van der Waals surface area contributed by atoms with Crippen LogP contribution in [-0.2, 0) is 0 Å². The molecule has 1 aliphatic rings. The molecular weight excluding hydrogens is 402 g/mol. The molecule has 0 spiro atoms. The van der Waals surface area contributed by atoms with Crippen molar-refractivity contribution in [2.24, 2.45) is 0 Å². The zero-order chi connectivity index (χ0) is 22.5. The van der Waals surface area contributed by atoms with Gasteiger partial charge in [-0.2, -0.15) is 10.2 Å². The lowest BCUT2D eigenvalue weighted by Gasteiger charge is -2.30. The summed E-state index contributed by atoms with van der Waals surface area (Å²) in [5, 5.41) is 19.3. The second kappa shape index (κ2) is 9.52. The van der Waals surface area contributed by atoms with Gasteiger partial charge in [0.2, 0.25) is 5.95 Å². The number of aromatic nitrogens is 2. The number of nitriles is 1. The zero-order valence-electron chi connectivity index (χ0n) is 18.3. The first-order valence-corrected chi connectivity index (χ1v) is 10.8. The second-order valence-electron chi connectivity index (χ2n) is 8.26. The molecule has 0 saturated heterocycles. The van der Waals surface area contributed by atoms with Crippen molar-refractivity contribution in [1.29, 1.82) is 5.26 Å². The number of hydrogen-bond donors (Lipinski definition) is 3. The van der Waals surface area contributed by atoms with Crippen molar-refractivity contribution in [3.8, 4) is 6.07 Å². The van der Waals surface area contributed by atoms with Crippen LogP contribution in [0.1, 0.15) is 31.2 Å².